The van der Waals surface area contributed by atoms with Gasteiger partial charge >= 0.3 is 12.1 Å². The number of rotatable bonds is 1. The summed E-state index contributed by atoms with van der Waals surface area (Å²) in [5.41, 5.74) is 0.356. The molecule has 0 radical (unpaired) electrons. The van der Waals surface area contributed by atoms with Gasteiger partial charge in [-0.1, -0.05) is 6.08 Å². The van der Waals surface area contributed by atoms with Gasteiger partial charge < -0.3 is 10.2 Å². The second-order valence-corrected chi connectivity index (χ2v) is 3.69. The van der Waals surface area contributed by atoms with Gasteiger partial charge in [-0.25, -0.2) is 9.59 Å². The molecular weight excluding hydrogens is 186 g/mol. The molecule has 2 bridgehead atoms. The molecule has 2 aliphatic rings. The SMILES string of the molecule is O=C(O)C1=CC2CCC(C1)N2C(=O)O. The summed E-state index contributed by atoms with van der Waals surface area (Å²) in [5, 5.41) is 17.7. The molecule has 14 heavy (non-hydrogen) atoms. The second kappa shape index (κ2) is 3.01. The summed E-state index contributed by atoms with van der Waals surface area (Å²) in [5.74, 6) is -0.924. The van der Waals surface area contributed by atoms with Gasteiger partial charge in [-0.2, -0.15) is 0 Å². The highest BCUT2D eigenvalue weighted by Crippen LogP contribution is 2.34. The summed E-state index contributed by atoms with van der Waals surface area (Å²) < 4.78 is 0. The molecule has 2 N–H and O–H groups in total. The van der Waals surface area contributed by atoms with Crippen molar-refractivity contribution in [1.82, 2.24) is 4.90 Å². The molecule has 2 aliphatic heterocycles. The van der Waals surface area contributed by atoms with E-state index in [0.717, 1.165) is 12.8 Å². The van der Waals surface area contributed by atoms with Crippen LogP contribution in [0.2, 0.25) is 0 Å². The first-order valence-corrected chi connectivity index (χ1v) is 4.55. The van der Waals surface area contributed by atoms with Crippen LogP contribution in [-0.4, -0.2) is 39.3 Å². The molecule has 1 fully saturated rings. The number of fused-ring (bicyclic) bond motifs is 2. The van der Waals surface area contributed by atoms with Crippen molar-refractivity contribution in [3.63, 3.8) is 0 Å². The Hall–Kier alpha value is -1.52. The maximum Gasteiger partial charge on any atom is 0.408 e. The van der Waals surface area contributed by atoms with Crippen molar-refractivity contribution in [2.45, 2.75) is 31.3 Å². The van der Waals surface area contributed by atoms with E-state index in [1.54, 1.807) is 6.08 Å². The van der Waals surface area contributed by atoms with Crippen LogP contribution >= 0.6 is 0 Å². The summed E-state index contributed by atoms with van der Waals surface area (Å²) in [6.45, 7) is 0. The quantitative estimate of drug-likeness (QED) is 0.655. The van der Waals surface area contributed by atoms with Crippen LogP contribution in [-0.2, 0) is 4.79 Å². The van der Waals surface area contributed by atoms with Gasteiger partial charge in [0.2, 0.25) is 0 Å². The Bertz CT molecular complexity index is 323. The van der Waals surface area contributed by atoms with Crippen molar-refractivity contribution in [2.24, 2.45) is 0 Å². The highest BCUT2D eigenvalue weighted by atomic mass is 16.4. The zero-order valence-corrected chi connectivity index (χ0v) is 7.51. The highest BCUT2D eigenvalue weighted by Gasteiger charge is 2.40. The van der Waals surface area contributed by atoms with E-state index >= 15 is 0 Å². The molecule has 2 heterocycles. The fraction of sp³-hybridized carbons (Fsp3) is 0.556. The zero-order valence-electron chi connectivity index (χ0n) is 7.51. The number of amides is 1. The van der Waals surface area contributed by atoms with Crippen LogP contribution < -0.4 is 0 Å². The van der Waals surface area contributed by atoms with E-state index in [2.05, 4.69) is 0 Å². The van der Waals surface area contributed by atoms with Crippen LogP contribution in [0.3, 0.4) is 0 Å². The molecule has 5 nitrogen and oxygen atoms in total. The maximum atomic E-state index is 10.8. The molecular formula is C9H11NO4. The molecule has 2 rings (SSSR count). The molecule has 0 saturated carbocycles. The predicted octanol–water partition coefficient (Wildman–Crippen LogP) is 0.912. The van der Waals surface area contributed by atoms with Crippen molar-refractivity contribution < 1.29 is 19.8 Å². The molecule has 0 spiro atoms. The fourth-order valence-electron chi connectivity index (χ4n) is 2.29. The number of carboxylic acids is 1. The van der Waals surface area contributed by atoms with Crippen LogP contribution in [0.4, 0.5) is 4.79 Å². The number of hydrogen-bond acceptors (Lipinski definition) is 2. The topological polar surface area (TPSA) is 77.8 Å². The Morgan fingerprint density at radius 1 is 1.36 bits per heavy atom. The average Bonchev–Trinajstić information content (AvgIpc) is 2.37. The van der Waals surface area contributed by atoms with Crippen molar-refractivity contribution in [2.75, 3.05) is 0 Å². The van der Waals surface area contributed by atoms with E-state index in [4.69, 9.17) is 10.2 Å². The van der Waals surface area contributed by atoms with E-state index in [0.29, 0.717) is 12.0 Å². The maximum absolute atomic E-state index is 10.8. The molecule has 2 atom stereocenters. The van der Waals surface area contributed by atoms with Crippen LogP contribution in [0, 0.1) is 0 Å². The first kappa shape index (κ1) is 9.05. The summed E-state index contributed by atoms with van der Waals surface area (Å²) in [7, 11) is 0. The van der Waals surface area contributed by atoms with Gasteiger partial charge in [0, 0.05) is 11.6 Å². The normalized spacial score (nSPS) is 30.0. The van der Waals surface area contributed by atoms with E-state index in [9.17, 15) is 9.59 Å². The molecule has 0 aromatic rings. The van der Waals surface area contributed by atoms with Crippen LogP contribution in [0.15, 0.2) is 11.6 Å². The first-order valence-electron chi connectivity index (χ1n) is 4.55. The third kappa shape index (κ3) is 1.25. The monoisotopic (exact) mass is 197 g/mol. The molecule has 0 aromatic heterocycles. The van der Waals surface area contributed by atoms with Gasteiger partial charge in [0.15, 0.2) is 0 Å². The lowest BCUT2D eigenvalue weighted by Gasteiger charge is -2.30. The molecule has 0 aromatic carbocycles. The minimum Gasteiger partial charge on any atom is -0.478 e. The van der Waals surface area contributed by atoms with Gasteiger partial charge in [0.1, 0.15) is 0 Å². The predicted molar refractivity (Wildman–Crippen MR) is 47.0 cm³/mol. The smallest absolute Gasteiger partial charge is 0.408 e. The van der Waals surface area contributed by atoms with Crippen molar-refractivity contribution in [3.05, 3.63) is 11.6 Å². The largest absolute Gasteiger partial charge is 0.478 e. The number of nitrogens with zero attached hydrogens (tertiary/aromatic N) is 1. The molecule has 1 amide bonds. The minimum absolute atomic E-state index is 0.131. The van der Waals surface area contributed by atoms with Crippen LogP contribution in [0.25, 0.3) is 0 Å². The summed E-state index contributed by atoms with van der Waals surface area (Å²) in [6, 6.07) is -0.356. The highest BCUT2D eigenvalue weighted by molar-refractivity contribution is 5.87. The molecule has 2 unspecified atom stereocenters. The second-order valence-electron chi connectivity index (χ2n) is 3.69. The average molecular weight is 197 g/mol. The van der Waals surface area contributed by atoms with E-state index in [1.807, 2.05) is 0 Å². The number of hydrogen-bond donors (Lipinski definition) is 2. The van der Waals surface area contributed by atoms with Crippen molar-refractivity contribution in [3.8, 4) is 0 Å². The molecule has 76 valence electrons. The number of carbonyl (C=O) groups is 2. The van der Waals surface area contributed by atoms with E-state index < -0.39 is 12.1 Å². The Balaban J connectivity index is 2.26. The third-order valence-corrected chi connectivity index (χ3v) is 2.89. The van der Waals surface area contributed by atoms with Gasteiger partial charge in [-0.05, 0) is 19.3 Å². The lowest BCUT2D eigenvalue weighted by molar-refractivity contribution is -0.133. The molecule has 0 aliphatic carbocycles. The van der Waals surface area contributed by atoms with Crippen molar-refractivity contribution >= 4 is 12.1 Å². The van der Waals surface area contributed by atoms with Gasteiger partial charge in [0.05, 0.1) is 6.04 Å². The number of aliphatic carboxylic acids is 1. The lowest BCUT2D eigenvalue weighted by atomic mass is 10.0. The third-order valence-electron chi connectivity index (χ3n) is 2.89. The Kier molecular flexibility index (Phi) is 1.94. The van der Waals surface area contributed by atoms with Crippen LogP contribution in [0.1, 0.15) is 19.3 Å². The van der Waals surface area contributed by atoms with Gasteiger partial charge in [-0.3, -0.25) is 4.90 Å². The zero-order chi connectivity index (χ0) is 10.3. The lowest BCUT2D eigenvalue weighted by Crippen LogP contribution is -2.42. The number of carboxylic acid groups (broad SMARTS) is 2. The summed E-state index contributed by atoms with van der Waals surface area (Å²) in [6.07, 6.45) is 2.48. The van der Waals surface area contributed by atoms with E-state index in [-0.39, 0.29) is 12.1 Å². The minimum atomic E-state index is -0.946. The first-order chi connectivity index (χ1) is 6.59. The summed E-state index contributed by atoms with van der Waals surface area (Å²) in [4.78, 5) is 22.9. The van der Waals surface area contributed by atoms with Gasteiger partial charge in [0.25, 0.3) is 0 Å². The van der Waals surface area contributed by atoms with Crippen molar-refractivity contribution in [1.29, 1.82) is 0 Å². The Labute approximate surface area is 80.6 Å². The molecule has 1 saturated heterocycles. The Morgan fingerprint density at radius 3 is 2.57 bits per heavy atom. The summed E-state index contributed by atoms with van der Waals surface area (Å²) >= 11 is 0. The Morgan fingerprint density at radius 2 is 2.07 bits per heavy atom. The molecule has 5 heteroatoms. The fourth-order valence-corrected chi connectivity index (χ4v) is 2.29. The van der Waals surface area contributed by atoms with Crippen LogP contribution in [0.5, 0.6) is 0 Å². The van der Waals surface area contributed by atoms with Gasteiger partial charge in [-0.15, -0.1) is 0 Å². The van der Waals surface area contributed by atoms with E-state index in [1.165, 1.54) is 4.90 Å². The standard InChI is InChI=1S/C9H11NO4/c11-8(12)5-3-6-1-2-7(4-5)10(6)9(13)14/h3,6-7H,1-2,4H2,(H,11,12)(H,13,14).